The molecule has 6 heterocycles. The van der Waals surface area contributed by atoms with Gasteiger partial charge in [0, 0.05) is 62.7 Å². The Morgan fingerprint density at radius 3 is 1.04 bits per heavy atom. The molecular weight excluding hydrogens is 848 g/mol. The molecule has 0 aliphatic carbocycles. The van der Waals surface area contributed by atoms with Crippen LogP contribution in [0.15, 0.2) is 117 Å². The van der Waals surface area contributed by atoms with Crippen molar-refractivity contribution in [1.29, 1.82) is 0 Å². The van der Waals surface area contributed by atoms with E-state index >= 15 is 0 Å². The van der Waals surface area contributed by atoms with Gasteiger partial charge in [0.1, 0.15) is 0 Å². The first kappa shape index (κ1) is 42.0. The van der Waals surface area contributed by atoms with Gasteiger partial charge >= 0.3 is 0 Å². The van der Waals surface area contributed by atoms with Crippen LogP contribution in [0, 0.1) is 0 Å². The van der Waals surface area contributed by atoms with Gasteiger partial charge in [0.2, 0.25) is 6.71 Å². The van der Waals surface area contributed by atoms with Crippen molar-refractivity contribution in [1.82, 2.24) is 8.80 Å². The molecule has 0 N–H and O–H groups in total. The summed E-state index contributed by atoms with van der Waals surface area (Å²) in [5.74, 6) is 0. The fourth-order valence-corrected chi connectivity index (χ4v) is 14.7. The molecule has 2 aliphatic heterocycles. The highest BCUT2D eigenvalue weighted by Gasteiger charge is 2.42. The summed E-state index contributed by atoms with van der Waals surface area (Å²) in [6.45, 7) is 35.5. The molecule has 334 valence electrons. The Hall–Kier alpha value is -5.10. The third kappa shape index (κ3) is 5.68. The zero-order chi connectivity index (χ0) is 47.0. The van der Waals surface area contributed by atoms with E-state index in [0.29, 0.717) is 0 Å². The maximum absolute atomic E-state index is 2.61. The van der Waals surface area contributed by atoms with Gasteiger partial charge in [0.25, 0.3) is 0 Å². The molecule has 0 amide bonds. The minimum absolute atomic E-state index is 0.00724. The number of aromatic nitrogens is 2. The fourth-order valence-electron chi connectivity index (χ4n) is 11.9. The van der Waals surface area contributed by atoms with Crippen molar-refractivity contribution in [2.75, 3.05) is 0 Å². The first-order valence-electron chi connectivity index (χ1n) is 24.5. The van der Waals surface area contributed by atoms with E-state index in [1.165, 1.54) is 140 Å². The number of hydrogen-bond donors (Lipinski definition) is 0. The first-order valence-corrected chi connectivity index (χ1v) is 26.2. The second-order valence-corrected chi connectivity index (χ2v) is 27.6. The van der Waals surface area contributed by atoms with Crippen molar-refractivity contribution in [3.05, 3.63) is 125 Å². The van der Waals surface area contributed by atoms with Crippen molar-refractivity contribution in [3.8, 4) is 0 Å². The molecule has 7 aromatic carbocycles. The number of hydrogen-bond acceptors (Lipinski definition) is 2. The standard InChI is InChI=1S/C62H61BN2S2/c1-58(2,3)32-16-20-45-37(24-32)39-26-34(60(7,8)9)28-41-51-47(64(45)54(39)41)22-18-43-56(51)66-49-30-36(62(13,14)15)31-50-53(49)63(43)44-19-23-48-52(57(44)67-50)42-29-35(61(10,11)12)27-40-38-25-33(59(4,5)6)17-21-46(38)65(48)55(40)42/h16-31H,1-15H3. The quantitative estimate of drug-likeness (QED) is 0.140. The highest BCUT2D eigenvalue weighted by atomic mass is 32.2. The van der Waals surface area contributed by atoms with Crippen LogP contribution in [-0.4, -0.2) is 15.5 Å². The molecule has 0 spiro atoms. The molecule has 0 unspecified atom stereocenters. The topological polar surface area (TPSA) is 8.82 Å². The minimum Gasteiger partial charge on any atom is -0.308 e. The van der Waals surface area contributed by atoms with E-state index in [2.05, 4.69) is 210 Å². The molecule has 67 heavy (non-hydrogen) atoms. The van der Waals surface area contributed by atoms with Gasteiger partial charge in [-0.2, -0.15) is 0 Å². The highest BCUT2D eigenvalue weighted by Crippen LogP contribution is 2.51. The van der Waals surface area contributed by atoms with Gasteiger partial charge in [0.05, 0.1) is 33.1 Å². The highest BCUT2D eigenvalue weighted by molar-refractivity contribution is 8.01. The Morgan fingerprint density at radius 2 is 0.672 bits per heavy atom. The molecule has 4 aromatic heterocycles. The summed E-state index contributed by atoms with van der Waals surface area (Å²) < 4.78 is 5.21. The van der Waals surface area contributed by atoms with E-state index < -0.39 is 0 Å². The zero-order valence-electron chi connectivity index (χ0n) is 42.0. The molecule has 0 saturated carbocycles. The molecular formula is C62H61BN2S2. The van der Waals surface area contributed by atoms with Gasteiger partial charge in [-0.05, 0) is 133 Å². The molecule has 13 rings (SSSR count). The van der Waals surface area contributed by atoms with Crippen molar-refractivity contribution < 1.29 is 0 Å². The normalized spacial score (nSPS) is 14.9. The average molecular weight is 909 g/mol. The van der Waals surface area contributed by atoms with Gasteiger partial charge in [-0.25, -0.2) is 0 Å². The van der Waals surface area contributed by atoms with Crippen LogP contribution in [0.25, 0.3) is 76.2 Å². The Labute approximate surface area is 404 Å². The van der Waals surface area contributed by atoms with Gasteiger partial charge < -0.3 is 8.80 Å². The van der Waals surface area contributed by atoms with Crippen molar-refractivity contribution >= 4 is 123 Å². The summed E-state index contributed by atoms with van der Waals surface area (Å²) in [5, 5.41) is 11.0. The van der Waals surface area contributed by atoms with Gasteiger partial charge in [0.15, 0.2) is 0 Å². The van der Waals surface area contributed by atoms with E-state index in [9.17, 15) is 0 Å². The van der Waals surface area contributed by atoms with Crippen LogP contribution < -0.4 is 16.4 Å². The lowest BCUT2D eigenvalue weighted by molar-refractivity contribution is 0.587. The molecule has 0 fully saturated rings. The second kappa shape index (κ2) is 13.0. The Bertz CT molecular complexity index is 3740. The van der Waals surface area contributed by atoms with E-state index in [0.717, 1.165) is 0 Å². The summed E-state index contributed by atoms with van der Waals surface area (Å²) >= 11 is 4.07. The Morgan fingerprint density at radius 1 is 0.343 bits per heavy atom. The third-order valence-corrected chi connectivity index (χ3v) is 18.2. The largest absolute Gasteiger partial charge is 0.308 e. The smallest absolute Gasteiger partial charge is 0.247 e. The fraction of sp³-hybridized carbons (Fsp3) is 0.323. The number of rotatable bonds is 0. The molecule has 0 saturated heterocycles. The molecule has 5 heteroatoms. The maximum atomic E-state index is 2.61. The predicted octanol–water partition coefficient (Wildman–Crippen LogP) is 15.9. The summed E-state index contributed by atoms with van der Waals surface area (Å²) in [7, 11) is 0. The number of benzene rings is 7. The molecule has 0 radical (unpaired) electrons. The van der Waals surface area contributed by atoms with E-state index in [4.69, 9.17) is 0 Å². The number of nitrogens with zero attached hydrogens (tertiary/aromatic N) is 2. The molecule has 11 aromatic rings. The van der Waals surface area contributed by atoms with Crippen LogP contribution in [0.5, 0.6) is 0 Å². The van der Waals surface area contributed by atoms with Crippen LogP contribution >= 0.6 is 23.5 Å². The van der Waals surface area contributed by atoms with E-state index in [1.54, 1.807) is 0 Å². The van der Waals surface area contributed by atoms with Crippen LogP contribution in [0.2, 0.25) is 0 Å². The second-order valence-electron chi connectivity index (χ2n) is 25.5. The Balaban J connectivity index is 1.15. The number of fused-ring (bicyclic) bond motifs is 18. The van der Waals surface area contributed by atoms with Gasteiger partial charge in [-0.3, -0.25) is 0 Å². The summed E-state index contributed by atoms with van der Waals surface area (Å²) in [4.78, 5) is 5.67. The summed E-state index contributed by atoms with van der Waals surface area (Å²) in [6.07, 6.45) is 0. The molecule has 0 atom stereocenters. The molecule has 0 bridgehead atoms. The average Bonchev–Trinajstić information content (AvgIpc) is 3.97. The maximum Gasteiger partial charge on any atom is 0.247 e. The van der Waals surface area contributed by atoms with Crippen LogP contribution in [-0.2, 0) is 27.1 Å². The first-order chi connectivity index (χ1) is 31.4. The lowest BCUT2D eigenvalue weighted by Crippen LogP contribution is -2.58. The Kier molecular flexibility index (Phi) is 8.13. The SMILES string of the molecule is CC(C)(C)c1cc2c3c(c1)Sc1c(ccc4c1c1cc(C(C)(C)C)cc5c6cc(C(C)(C)C)ccc6n4c51)B3c1ccc3c(c1S2)c1cc(C(C)(C)C)cc2c4cc(C(C)(C)C)ccc4n3c21. The minimum atomic E-state index is -0.0105. The van der Waals surface area contributed by atoms with Gasteiger partial charge in [-0.15, -0.1) is 0 Å². The van der Waals surface area contributed by atoms with Crippen LogP contribution in [0.3, 0.4) is 0 Å². The third-order valence-electron chi connectivity index (χ3n) is 15.8. The van der Waals surface area contributed by atoms with Crippen LogP contribution in [0.1, 0.15) is 132 Å². The molecule has 2 nitrogen and oxygen atoms in total. The van der Waals surface area contributed by atoms with Gasteiger partial charge in [-0.1, -0.05) is 163 Å². The lowest BCUT2D eigenvalue weighted by atomic mass is 9.36. The monoisotopic (exact) mass is 908 g/mol. The van der Waals surface area contributed by atoms with E-state index in [1.807, 2.05) is 23.5 Å². The summed E-state index contributed by atoms with van der Waals surface area (Å²) in [5.41, 5.74) is 19.4. The zero-order valence-corrected chi connectivity index (χ0v) is 43.7. The molecule has 2 aliphatic rings. The van der Waals surface area contributed by atoms with Crippen LogP contribution in [0.4, 0.5) is 0 Å². The predicted molar refractivity (Wildman–Crippen MR) is 295 cm³/mol. The van der Waals surface area contributed by atoms with E-state index in [-0.39, 0.29) is 33.8 Å². The van der Waals surface area contributed by atoms with Crippen molar-refractivity contribution in [2.24, 2.45) is 0 Å². The van der Waals surface area contributed by atoms with Crippen molar-refractivity contribution in [3.63, 3.8) is 0 Å². The summed E-state index contributed by atoms with van der Waals surface area (Å²) in [6, 6.07) is 39.7. The van der Waals surface area contributed by atoms with Crippen molar-refractivity contribution in [2.45, 2.75) is 151 Å². The lowest BCUT2D eigenvalue weighted by Gasteiger charge is -2.35.